The molecule has 1 amide bonds. The molecule has 0 aliphatic carbocycles. The topological polar surface area (TPSA) is 73.2 Å². The van der Waals surface area contributed by atoms with E-state index in [2.05, 4.69) is 0 Å². The van der Waals surface area contributed by atoms with Gasteiger partial charge in [0.2, 0.25) is 0 Å². The van der Waals surface area contributed by atoms with E-state index in [0.29, 0.717) is 36.5 Å². The second-order valence-electron chi connectivity index (χ2n) is 7.03. The Morgan fingerprint density at radius 2 is 2.14 bits per heavy atom. The molecule has 1 unspecified atom stereocenters. The summed E-state index contributed by atoms with van der Waals surface area (Å²) in [5.41, 5.74) is 2.85. The zero-order valence-electron chi connectivity index (χ0n) is 15.3. The molecule has 6 nitrogen and oxygen atoms in total. The number of nitrogens with zero attached hydrogens (tertiary/aromatic N) is 2. The number of piperazine rings is 1. The highest BCUT2D eigenvalue weighted by Gasteiger charge is 2.42. The van der Waals surface area contributed by atoms with Gasteiger partial charge in [0.25, 0.3) is 5.91 Å². The molecule has 1 atom stereocenters. The highest BCUT2D eigenvalue weighted by molar-refractivity contribution is 6.30. The molecule has 28 heavy (non-hydrogen) atoms. The van der Waals surface area contributed by atoms with Crippen molar-refractivity contribution in [1.82, 2.24) is 9.80 Å². The van der Waals surface area contributed by atoms with Crippen LogP contribution in [0.4, 0.5) is 4.39 Å². The maximum Gasteiger partial charge on any atom is 0.274 e. The predicted octanol–water partition coefficient (Wildman–Crippen LogP) is 2.50. The molecule has 0 radical (unpaired) electrons. The summed E-state index contributed by atoms with van der Waals surface area (Å²) in [6.07, 6.45) is 0.573. The minimum absolute atomic E-state index is 0.00796. The van der Waals surface area contributed by atoms with Gasteiger partial charge in [-0.1, -0.05) is 23.7 Å². The van der Waals surface area contributed by atoms with Crippen LogP contribution in [-0.2, 0) is 16.1 Å². The molecular formula is C20H20ClFN2O4. The summed E-state index contributed by atoms with van der Waals surface area (Å²) in [4.78, 5) is 16.4. The summed E-state index contributed by atoms with van der Waals surface area (Å²) >= 11 is 5.83. The Kier molecular flexibility index (Phi) is 4.91. The van der Waals surface area contributed by atoms with Crippen molar-refractivity contribution >= 4 is 17.5 Å². The van der Waals surface area contributed by atoms with E-state index >= 15 is 0 Å². The van der Waals surface area contributed by atoms with Gasteiger partial charge in [0.15, 0.2) is 5.76 Å². The molecule has 1 saturated heterocycles. The van der Waals surface area contributed by atoms with Gasteiger partial charge < -0.3 is 24.7 Å². The minimum Gasteiger partial charge on any atom is -0.507 e. The number of aliphatic hydroxyl groups is 2. The summed E-state index contributed by atoms with van der Waals surface area (Å²) in [6.45, 7) is 3.57. The predicted molar refractivity (Wildman–Crippen MR) is 101 cm³/mol. The maximum atomic E-state index is 13.4. The number of ether oxygens (including phenoxy) is 1. The average Bonchev–Trinajstić information content (AvgIpc) is 2.86. The third kappa shape index (κ3) is 3.09. The number of halogens is 2. The number of hydrogen-bond acceptors (Lipinski definition) is 5. The summed E-state index contributed by atoms with van der Waals surface area (Å²) in [5, 5.41) is 21.3. The first kappa shape index (κ1) is 19.0. The summed E-state index contributed by atoms with van der Waals surface area (Å²) in [5.74, 6) is -1.28. The van der Waals surface area contributed by atoms with Crippen molar-refractivity contribution in [2.24, 2.45) is 0 Å². The molecule has 0 bridgehead atoms. The second-order valence-corrected chi connectivity index (χ2v) is 7.43. The summed E-state index contributed by atoms with van der Waals surface area (Å²) < 4.78 is 19.0. The lowest BCUT2D eigenvalue weighted by Gasteiger charge is -2.43. The van der Waals surface area contributed by atoms with Crippen LogP contribution in [0, 0.1) is 5.82 Å². The fourth-order valence-electron chi connectivity index (χ4n) is 3.84. The van der Waals surface area contributed by atoms with E-state index in [1.807, 2.05) is 13.0 Å². The monoisotopic (exact) mass is 406 g/mol. The standard InChI is InChI=1S/C20H20ClFN2O4/c1-11-4-7-28-10-15-16(11)18(25)19(26)17-20(27)23(5-6-24(15)17)9-12-2-3-14(22)13(21)8-12/h2-4,8,18,25-26H,5-7,9-10H2,1H3. The van der Waals surface area contributed by atoms with Crippen molar-refractivity contribution in [3.8, 4) is 0 Å². The normalized spacial score (nSPS) is 22.8. The van der Waals surface area contributed by atoms with Crippen molar-refractivity contribution in [2.75, 3.05) is 26.3 Å². The lowest BCUT2D eigenvalue weighted by molar-refractivity contribution is -0.132. The fraction of sp³-hybridized carbons (Fsp3) is 0.350. The van der Waals surface area contributed by atoms with Crippen LogP contribution in [0.5, 0.6) is 0 Å². The molecule has 0 spiro atoms. The molecule has 8 heteroatoms. The van der Waals surface area contributed by atoms with Crippen LogP contribution in [0.2, 0.25) is 5.02 Å². The average molecular weight is 407 g/mol. The van der Waals surface area contributed by atoms with Crippen LogP contribution < -0.4 is 0 Å². The SMILES string of the molecule is CC1=CCOCC2=C1C(O)C(O)=C1C(=O)N(Cc3ccc(F)c(Cl)c3)CCN21. The first-order valence-electron chi connectivity index (χ1n) is 8.98. The van der Waals surface area contributed by atoms with Crippen molar-refractivity contribution < 1.29 is 24.1 Å². The molecule has 3 aliphatic rings. The van der Waals surface area contributed by atoms with Gasteiger partial charge in [0, 0.05) is 25.2 Å². The first-order chi connectivity index (χ1) is 13.4. The molecule has 0 saturated carbocycles. The molecule has 148 valence electrons. The number of amides is 1. The van der Waals surface area contributed by atoms with Crippen molar-refractivity contribution in [3.05, 3.63) is 69.0 Å². The van der Waals surface area contributed by atoms with Gasteiger partial charge in [-0.05, 0) is 30.2 Å². The summed E-state index contributed by atoms with van der Waals surface area (Å²) in [7, 11) is 0. The second kappa shape index (κ2) is 7.24. The van der Waals surface area contributed by atoms with E-state index in [1.165, 1.54) is 12.1 Å². The number of hydrogen-bond donors (Lipinski definition) is 2. The molecule has 1 aromatic carbocycles. The maximum absolute atomic E-state index is 13.4. The van der Waals surface area contributed by atoms with Crippen LogP contribution in [0.25, 0.3) is 0 Å². The highest BCUT2D eigenvalue weighted by atomic mass is 35.5. The van der Waals surface area contributed by atoms with E-state index in [4.69, 9.17) is 16.3 Å². The largest absolute Gasteiger partial charge is 0.507 e. The van der Waals surface area contributed by atoms with Crippen molar-refractivity contribution in [2.45, 2.75) is 19.6 Å². The van der Waals surface area contributed by atoms with Crippen molar-refractivity contribution in [1.29, 1.82) is 0 Å². The van der Waals surface area contributed by atoms with E-state index in [0.717, 1.165) is 5.57 Å². The third-order valence-corrected chi connectivity index (χ3v) is 5.58. The van der Waals surface area contributed by atoms with Crippen molar-refractivity contribution in [3.63, 3.8) is 0 Å². The van der Waals surface area contributed by atoms with Gasteiger partial charge in [-0.3, -0.25) is 4.79 Å². The number of carbonyl (C=O) groups excluding carboxylic acids is 1. The zero-order valence-corrected chi connectivity index (χ0v) is 16.0. The minimum atomic E-state index is -1.27. The van der Waals surface area contributed by atoms with Gasteiger partial charge in [-0.25, -0.2) is 4.39 Å². The number of fused-ring (bicyclic) bond motifs is 2. The van der Waals surface area contributed by atoms with Crippen LogP contribution in [0.3, 0.4) is 0 Å². The molecule has 1 aromatic rings. The zero-order chi connectivity index (χ0) is 20.0. The third-order valence-electron chi connectivity index (χ3n) is 5.29. The number of carbonyl (C=O) groups is 1. The Balaban J connectivity index is 1.64. The first-order valence-corrected chi connectivity index (χ1v) is 9.36. The van der Waals surface area contributed by atoms with Gasteiger partial charge in [-0.15, -0.1) is 0 Å². The Hall–Kier alpha value is -2.35. The van der Waals surface area contributed by atoms with E-state index in [9.17, 15) is 19.4 Å². The highest BCUT2D eigenvalue weighted by Crippen LogP contribution is 2.37. The molecule has 4 rings (SSSR count). The Morgan fingerprint density at radius 1 is 1.36 bits per heavy atom. The van der Waals surface area contributed by atoms with E-state index in [1.54, 1.807) is 15.9 Å². The fourth-order valence-corrected chi connectivity index (χ4v) is 4.05. The Bertz CT molecular complexity index is 940. The quantitative estimate of drug-likeness (QED) is 0.789. The van der Waals surface area contributed by atoms with Crippen LogP contribution >= 0.6 is 11.6 Å². The van der Waals surface area contributed by atoms with Gasteiger partial charge in [0.1, 0.15) is 17.6 Å². The van der Waals surface area contributed by atoms with Gasteiger partial charge in [0.05, 0.1) is 23.9 Å². The number of rotatable bonds is 2. The smallest absolute Gasteiger partial charge is 0.274 e. The van der Waals surface area contributed by atoms with E-state index in [-0.39, 0.29) is 29.6 Å². The molecule has 0 aromatic heterocycles. The van der Waals surface area contributed by atoms with Crippen LogP contribution in [0.1, 0.15) is 12.5 Å². The number of benzene rings is 1. The Labute approximate surface area is 166 Å². The molecule has 2 N–H and O–H groups in total. The van der Waals surface area contributed by atoms with Gasteiger partial charge >= 0.3 is 0 Å². The van der Waals surface area contributed by atoms with E-state index < -0.39 is 17.8 Å². The number of aliphatic hydroxyl groups excluding tert-OH is 2. The van der Waals surface area contributed by atoms with Crippen LogP contribution in [0.15, 0.2) is 52.6 Å². The van der Waals surface area contributed by atoms with Crippen LogP contribution in [-0.4, -0.2) is 58.3 Å². The summed E-state index contributed by atoms with van der Waals surface area (Å²) in [6, 6.07) is 4.31. The van der Waals surface area contributed by atoms with Gasteiger partial charge in [-0.2, -0.15) is 0 Å². The molecular weight excluding hydrogens is 387 g/mol. The lowest BCUT2D eigenvalue weighted by atomic mass is 9.92. The molecule has 3 heterocycles. The lowest BCUT2D eigenvalue weighted by Crippen LogP contribution is -2.51. The molecule has 3 aliphatic heterocycles. The Morgan fingerprint density at radius 3 is 2.89 bits per heavy atom. The molecule has 1 fully saturated rings.